The first kappa shape index (κ1) is 15.7. The molecule has 5 nitrogen and oxygen atoms in total. The molecule has 1 aromatic rings. The molecule has 0 saturated carbocycles. The summed E-state index contributed by atoms with van der Waals surface area (Å²) in [6.45, 7) is 5.62. The van der Waals surface area contributed by atoms with Gasteiger partial charge in [-0.2, -0.15) is 0 Å². The second-order valence-electron chi connectivity index (χ2n) is 5.11. The number of benzene rings is 1. The SMILES string of the molecule is COc1ccc(C#CCNC(=O)OC(C)(C)C)cc1N. The molecule has 0 spiro atoms. The van der Waals surface area contributed by atoms with Crippen LogP contribution >= 0.6 is 0 Å². The number of rotatable bonds is 2. The van der Waals surface area contributed by atoms with Gasteiger partial charge in [-0.25, -0.2) is 4.79 Å². The number of nitrogen functional groups attached to an aromatic ring is 1. The van der Waals surface area contributed by atoms with Gasteiger partial charge >= 0.3 is 6.09 Å². The maximum absolute atomic E-state index is 11.4. The molecule has 0 heterocycles. The van der Waals surface area contributed by atoms with Crippen molar-refractivity contribution in [3.05, 3.63) is 23.8 Å². The van der Waals surface area contributed by atoms with E-state index in [1.54, 1.807) is 46.1 Å². The fourth-order valence-electron chi connectivity index (χ4n) is 1.39. The number of nitrogens with two attached hydrogens (primary N) is 1. The summed E-state index contributed by atoms with van der Waals surface area (Å²) in [6, 6.07) is 5.27. The second kappa shape index (κ2) is 6.71. The Bertz CT molecular complexity index is 536. The Kier molecular flexibility index (Phi) is 5.27. The number of methoxy groups -OCH3 is 1. The zero-order valence-corrected chi connectivity index (χ0v) is 12.2. The Morgan fingerprint density at radius 2 is 2.10 bits per heavy atom. The highest BCUT2D eigenvalue weighted by atomic mass is 16.6. The number of nitrogens with one attached hydrogen (secondary N) is 1. The Morgan fingerprint density at radius 1 is 1.40 bits per heavy atom. The molecule has 0 aliphatic carbocycles. The van der Waals surface area contributed by atoms with E-state index in [2.05, 4.69) is 17.2 Å². The van der Waals surface area contributed by atoms with Gasteiger partial charge in [0.25, 0.3) is 0 Å². The Hall–Kier alpha value is -2.35. The van der Waals surface area contributed by atoms with Gasteiger partial charge in [0.05, 0.1) is 19.3 Å². The summed E-state index contributed by atoms with van der Waals surface area (Å²) in [5.41, 5.74) is 6.55. The van der Waals surface area contributed by atoms with Crippen molar-refractivity contribution in [1.82, 2.24) is 5.32 Å². The minimum absolute atomic E-state index is 0.209. The van der Waals surface area contributed by atoms with Crippen LogP contribution in [0.15, 0.2) is 18.2 Å². The summed E-state index contributed by atoms with van der Waals surface area (Å²) in [5.74, 6) is 6.34. The number of ether oxygens (including phenoxy) is 2. The Balaban J connectivity index is 2.51. The number of amides is 1. The normalized spacial score (nSPS) is 10.2. The van der Waals surface area contributed by atoms with E-state index in [0.29, 0.717) is 11.4 Å². The van der Waals surface area contributed by atoms with Crippen LogP contribution in [-0.4, -0.2) is 25.3 Å². The fourth-order valence-corrected chi connectivity index (χ4v) is 1.39. The molecule has 1 aromatic carbocycles. The molecule has 0 saturated heterocycles. The summed E-state index contributed by atoms with van der Waals surface area (Å²) in [6.07, 6.45) is -0.485. The smallest absolute Gasteiger partial charge is 0.408 e. The van der Waals surface area contributed by atoms with E-state index in [-0.39, 0.29) is 6.54 Å². The summed E-state index contributed by atoms with van der Waals surface area (Å²) in [7, 11) is 1.56. The molecular weight excluding hydrogens is 256 g/mol. The molecule has 0 aliphatic heterocycles. The Labute approximate surface area is 119 Å². The molecule has 108 valence electrons. The van der Waals surface area contributed by atoms with E-state index < -0.39 is 11.7 Å². The van der Waals surface area contributed by atoms with E-state index >= 15 is 0 Å². The molecule has 20 heavy (non-hydrogen) atoms. The van der Waals surface area contributed by atoms with Gasteiger partial charge < -0.3 is 20.5 Å². The number of anilines is 1. The molecule has 0 bridgehead atoms. The molecule has 5 heteroatoms. The topological polar surface area (TPSA) is 73.6 Å². The zero-order chi connectivity index (χ0) is 15.2. The lowest BCUT2D eigenvalue weighted by Gasteiger charge is -2.19. The first-order valence-electron chi connectivity index (χ1n) is 6.21. The van der Waals surface area contributed by atoms with E-state index in [1.165, 1.54) is 0 Å². The predicted octanol–water partition coefficient (Wildman–Crippen LogP) is 2.15. The van der Waals surface area contributed by atoms with Gasteiger partial charge in [0.1, 0.15) is 11.4 Å². The average Bonchev–Trinajstić information content (AvgIpc) is 2.33. The van der Waals surface area contributed by atoms with Gasteiger partial charge in [-0.05, 0) is 39.0 Å². The van der Waals surface area contributed by atoms with Crippen molar-refractivity contribution in [2.24, 2.45) is 0 Å². The van der Waals surface area contributed by atoms with Crippen LogP contribution in [0.1, 0.15) is 26.3 Å². The van der Waals surface area contributed by atoms with E-state index in [0.717, 1.165) is 5.56 Å². The van der Waals surface area contributed by atoms with Crippen LogP contribution in [0, 0.1) is 11.8 Å². The number of carbonyl (C=O) groups is 1. The average molecular weight is 276 g/mol. The molecule has 1 amide bonds. The molecule has 3 N–H and O–H groups in total. The lowest BCUT2D eigenvalue weighted by atomic mass is 10.2. The minimum atomic E-state index is -0.512. The van der Waals surface area contributed by atoms with Crippen molar-refractivity contribution >= 4 is 11.8 Å². The largest absolute Gasteiger partial charge is 0.495 e. The lowest BCUT2D eigenvalue weighted by molar-refractivity contribution is 0.0535. The lowest BCUT2D eigenvalue weighted by Crippen LogP contribution is -2.32. The van der Waals surface area contributed by atoms with Gasteiger partial charge in [0.15, 0.2) is 0 Å². The highest BCUT2D eigenvalue weighted by Crippen LogP contribution is 2.21. The highest BCUT2D eigenvalue weighted by Gasteiger charge is 2.14. The van der Waals surface area contributed by atoms with Crippen LogP contribution < -0.4 is 15.8 Å². The molecule has 0 unspecified atom stereocenters. The molecule has 0 radical (unpaired) electrons. The third-order valence-corrected chi connectivity index (χ3v) is 2.18. The number of alkyl carbamates (subject to hydrolysis) is 1. The van der Waals surface area contributed by atoms with Gasteiger partial charge in [0, 0.05) is 5.56 Å². The van der Waals surface area contributed by atoms with Crippen LogP contribution in [0.2, 0.25) is 0 Å². The minimum Gasteiger partial charge on any atom is -0.495 e. The third-order valence-electron chi connectivity index (χ3n) is 2.18. The standard InChI is InChI=1S/C15H20N2O3/c1-15(2,3)20-14(18)17-9-5-6-11-7-8-13(19-4)12(16)10-11/h7-8,10H,9,16H2,1-4H3,(H,17,18). The number of carbonyl (C=O) groups excluding carboxylic acids is 1. The molecule has 0 aromatic heterocycles. The quantitative estimate of drug-likeness (QED) is 0.641. The summed E-state index contributed by atoms with van der Waals surface area (Å²) < 4.78 is 10.1. The molecule has 1 rings (SSSR count). The number of hydrogen-bond donors (Lipinski definition) is 2. The summed E-state index contributed by atoms with van der Waals surface area (Å²) in [4.78, 5) is 11.4. The van der Waals surface area contributed by atoms with Crippen molar-refractivity contribution in [3.63, 3.8) is 0 Å². The van der Waals surface area contributed by atoms with Crippen LogP contribution in [0.3, 0.4) is 0 Å². The highest BCUT2D eigenvalue weighted by molar-refractivity contribution is 5.68. The van der Waals surface area contributed by atoms with Crippen molar-refractivity contribution in [3.8, 4) is 17.6 Å². The van der Waals surface area contributed by atoms with Crippen molar-refractivity contribution in [1.29, 1.82) is 0 Å². The van der Waals surface area contributed by atoms with Gasteiger partial charge in [-0.1, -0.05) is 11.8 Å². The molecule has 0 atom stereocenters. The maximum atomic E-state index is 11.4. The fraction of sp³-hybridized carbons (Fsp3) is 0.400. The van der Waals surface area contributed by atoms with Gasteiger partial charge in [0.2, 0.25) is 0 Å². The molecule has 0 aliphatic rings. The maximum Gasteiger partial charge on any atom is 0.408 e. The first-order valence-corrected chi connectivity index (χ1v) is 6.21. The Morgan fingerprint density at radius 3 is 2.65 bits per heavy atom. The van der Waals surface area contributed by atoms with Gasteiger partial charge in [-0.15, -0.1) is 0 Å². The van der Waals surface area contributed by atoms with Crippen LogP contribution in [0.4, 0.5) is 10.5 Å². The van der Waals surface area contributed by atoms with Crippen LogP contribution in [-0.2, 0) is 4.74 Å². The third kappa shape index (κ3) is 5.53. The van der Waals surface area contributed by atoms with Crippen LogP contribution in [0.25, 0.3) is 0 Å². The number of hydrogen-bond acceptors (Lipinski definition) is 4. The van der Waals surface area contributed by atoms with Crippen molar-refractivity contribution < 1.29 is 14.3 Å². The zero-order valence-electron chi connectivity index (χ0n) is 12.2. The molecule has 0 fully saturated rings. The first-order chi connectivity index (χ1) is 9.31. The predicted molar refractivity (Wildman–Crippen MR) is 78.5 cm³/mol. The van der Waals surface area contributed by atoms with Crippen LogP contribution in [0.5, 0.6) is 5.75 Å². The van der Waals surface area contributed by atoms with E-state index in [1.807, 2.05) is 0 Å². The van der Waals surface area contributed by atoms with E-state index in [4.69, 9.17) is 15.2 Å². The monoisotopic (exact) mass is 276 g/mol. The second-order valence-corrected chi connectivity index (χ2v) is 5.11. The summed E-state index contributed by atoms with van der Waals surface area (Å²) in [5, 5.41) is 2.56. The van der Waals surface area contributed by atoms with Gasteiger partial charge in [-0.3, -0.25) is 0 Å². The summed E-state index contributed by atoms with van der Waals surface area (Å²) >= 11 is 0. The van der Waals surface area contributed by atoms with Crippen molar-refractivity contribution in [2.45, 2.75) is 26.4 Å². The van der Waals surface area contributed by atoms with E-state index in [9.17, 15) is 4.79 Å². The molecular formula is C15H20N2O3. The van der Waals surface area contributed by atoms with Crippen molar-refractivity contribution in [2.75, 3.05) is 19.4 Å².